The molecule has 0 spiro atoms. The lowest BCUT2D eigenvalue weighted by Gasteiger charge is -2.19. The minimum atomic E-state index is -2.31. The van der Waals surface area contributed by atoms with Crippen LogP contribution in [-0.2, 0) is 13.7 Å². The first kappa shape index (κ1) is 20.4. The third-order valence-electron chi connectivity index (χ3n) is 2.39. The van der Waals surface area contributed by atoms with Gasteiger partial charge in [-0.15, -0.1) is 0 Å². The largest absolute Gasteiger partial charge is 0.335 e. The summed E-state index contributed by atoms with van der Waals surface area (Å²) in [6.45, 7) is 10.3. The Morgan fingerprint density at radius 1 is 0.889 bits per heavy atom. The van der Waals surface area contributed by atoms with Gasteiger partial charge in [0.15, 0.2) is 0 Å². The molecule has 0 aliphatic rings. The predicted molar refractivity (Wildman–Crippen MR) is 79.1 cm³/mol. The average Bonchev–Trinajstić information content (AvgIpc) is 2.41. The highest BCUT2D eigenvalue weighted by Crippen LogP contribution is 2.24. The zero-order valence-corrected chi connectivity index (χ0v) is 13.8. The standard InChI is InChI=1S/C9H22NO3P.C4H10/c1-4-6-8-10(9-7-5-2)13-14(11)12-3;1-3-4-2/h14H,4-9H2,1-3H3;3-4H2,1-2H3. The van der Waals surface area contributed by atoms with Gasteiger partial charge < -0.3 is 4.52 Å². The molecule has 18 heavy (non-hydrogen) atoms. The Morgan fingerprint density at radius 2 is 1.33 bits per heavy atom. The highest BCUT2D eigenvalue weighted by atomic mass is 31.1. The molecule has 0 aromatic rings. The van der Waals surface area contributed by atoms with E-state index in [1.165, 1.54) is 20.0 Å². The van der Waals surface area contributed by atoms with Crippen molar-refractivity contribution in [3.63, 3.8) is 0 Å². The first-order valence-electron chi connectivity index (χ1n) is 7.16. The Labute approximate surface area is 114 Å². The molecule has 1 atom stereocenters. The molecule has 0 saturated carbocycles. The average molecular weight is 281 g/mol. The Hall–Kier alpha value is 0.110. The fraction of sp³-hybridized carbons (Fsp3) is 1.00. The number of hydroxylamine groups is 2. The van der Waals surface area contributed by atoms with Crippen LogP contribution in [0.2, 0.25) is 0 Å². The molecule has 112 valence electrons. The van der Waals surface area contributed by atoms with Gasteiger partial charge in [-0.25, -0.2) is 4.62 Å². The van der Waals surface area contributed by atoms with E-state index in [4.69, 9.17) is 4.62 Å². The van der Waals surface area contributed by atoms with Crippen molar-refractivity contribution in [2.75, 3.05) is 20.2 Å². The molecular weight excluding hydrogens is 249 g/mol. The minimum Gasteiger partial charge on any atom is -0.313 e. The van der Waals surface area contributed by atoms with Gasteiger partial charge in [-0.05, 0) is 12.8 Å². The molecule has 0 saturated heterocycles. The molecular formula is C13H32NO3P. The molecule has 5 heteroatoms. The van der Waals surface area contributed by atoms with Crippen LogP contribution in [0, 0.1) is 0 Å². The van der Waals surface area contributed by atoms with Crippen molar-refractivity contribution in [2.24, 2.45) is 0 Å². The lowest BCUT2D eigenvalue weighted by molar-refractivity contribution is -0.0637. The van der Waals surface area contributed by atoms with E-state index in [0.717, 1.165) is 38.8 Å². The van der Waals surface area contributed by atoms with Crippen molar-refractivity contribution in [1.29, 1.82) is 0 Å². The van der Waals surface area contributed by atoms with Crippen LogP contribution in [0.1, 0.15) is 66.2 Å². The Bertz CT molecular complexity index is 170. The summed E-state index contributed by atoms with van der Waals surface area (Å²) in [6, 6.07) is 0. The summed E-state index contributed by atoms with van der Waals surface area (Å²) in [7, 11) is -0.910. The third kappa shape index (κ3) is 16.1. The second kappa shape index (κ2) is 17.1. The number of nitrogens with zero attached hydrogens (tertiary/aromatic N) is 1. The minimum absolute atomic E-state index is 0.830. The van der Waals surface area contributed by atoms with E-state index < -0.39 is 8.25 Å². The molecule has 0 aliphatic carbocycles. The smallest absolute Gasteiger partial charge is 0.313 e. The molecule has 1 unspecified atom stereocenters. The van der Waals surface area contributed by atoms with E-state index in [2.05, 4.69) is 32.2 Å². The van der Waals surface area contributed by atoms with Crippen LogP contribution >= 0.6 is 8.25 Å². The molecule has 0 amide bonds. The first-order chi connectivity index (χ1) is 8.65. The molecule has 0 aromatic carbocycles. The Balaban J connectivity index is 0. The van der Waals surface area contributed by atoms with Crippen molar-refractivity contribution in [2.45, 2.75) is 66.2 Å². The van der Waals surface area contributed by atoms with E-state index in [9.17, 15) is 4.57 Å². The van der Waals surface area contributed by atoms with Gasteiger partial charge in [0.25, 0.3) is 0 Å². The molecule has 0 aliphatic heterocycles. The van der Waals surface area contributed by atoms with Gasteiger partial charge in [0.05, 0.1) is 0 Å². The number of unbranched alkanes of at least 4 members (excludes halogenated alkanes) is 3. The number of hydrogen-bond donors (Lipinski definition) is 0. The van der Waals surface area contributed by atoms with Gasteiger partial charge in [0.1, 0.15) is 0 Å². The van der Waals surface area contributed by atoms with E-state index in [0.29, 0.717) is 0 Å². The van der Waals surface area contributed by atoms with Gasteiger partial charge in [-0.1, -0.05) is 53.4 Å². The molecule has 0 radical (unpaired) electrons. The van der Waals surface area contributed by atoms with Gasteiger partial charge >= 0.3 is 8.25 Å². The quantitative estimate of drug-likeness (QED) is 0.431. The van der Waals surface area contributed by atoms with Crippen molar-refractivity contribution in [1.82, 2.24) is 5.06 Å². The van der Waals surface area contributed by atoms with Crippen molar-refractivity contribution in [3.05, 3.63) is 0 Å². The van der Waals surface area contributed by atoms with Gasteiger partial charge in [0.2, 0.25) is 0 Å². The lowest BCUT2D eigenvalue weighted by atomic mass is 10.3. The van der Waals surface area contributed by atoms with Gasteiger partial charge in [-0.3, -0.25) is 4.57 Å². The maximum Gasteiger partial charge on any atom is 0.335 e. The Kier molecular flexibility index (Phi) is 19.4. The summed E-state index contributed by atoms with van der Waals surface area (Å²) in [6.07, 6.45) is 6.98. The van der Waals surface area contributed by atoms with Crippen LogP contribution in [0.3, 0.4) is 0 Å². The van der Waals surface area contributed by atoms with Crippen molar-refractivity contribution >= 4 is 8.25 Å². The highest BCUT2D eigenvalue weighted by Gasteiger charge is 2.07. The highest BCUT2D eigenvalue weighted by molar-refractivity contribution is 7.33. The third-order valence-corrected chi connectivity index (χ3v) is 3.13. The van der Waals surface area contributed by atoms with E-state index >= 15 is 0 Å². The lowest BCUT2D eigenvalue weighted by Crippen LogP contribution is -2.23. The number of rotatable bonds is 10. The fourth-order valence-electron chi connectivity index (χ4n) is 1.01. The topological polar surface area (TPSA) is 38.8 Å². The molecule has 0 fully saturated rings. The summed E-state index contributed by atoms with van der Waals surface area (Å²) in [5, 5.41) is 1.76. The molecule has 0 rings (SSSR count). The summed E-state index contributed by atoms with van der Waals surface area (Å²) in [4.78, 5) is 0. The summed E-state index contributed by atoms with van der Waals surface area (Å²) in [5.41, 5.74) is 0. The molecule has 4 nitrogen and oxygen atoms in total. The summed E-state index contributed by atoms with van der Waals surface area (Å²) >= 11 is 0. The van der Waals surface area contributed by atoms with E-state index in [-0.39, 0.29) is 0 Å². The summed E-state index contributed by atoms with van der Waals surface area (Å²) < 4.78 is 20.8. The zero-order chi connectivity index (χ0) is 14.2. The van der Waals surface area contributed by atoms with Crippen LogP contribution in [-0.4, -0.2) is 25.3 Å². The van der Waals surface area contributed by atoms with Crippen LogP contribution in [0.5, 0.6) is 0 Å². The normalized spacial score (nSPS) is 12.1. The van der Waals surface area contributed by atoms with Gasteiger partial charge in [0, 0.05) is 20.2 Å². The molecule has 0 heterocycles. The molecule has 0 bridgehead atoms. The Morgan fingerprint density at radius 3 is 1.61 bits per heavy atom. The fourth-order valence-corrected chi connectivity index (χ4v) is 1.48. The summed E-state index contributed by atoms with van der Waals surface area (Å²) in [5.74, 6) is 0. The second-order valence-electron chi connectivity index (χ2n) is 4.18. The van der Waals surface area contributed by atoms with Crippen LogP contribution < -0.4 is 0 Å². The van der Waals surface area contributed by atoms with Crippen LogP contribution in [0.15, 0.2) is 0 Å². The monoisotopic (exact) mass is 281 g/mol. The second-order valence-corrected chi connectivity index (χ2v) is 5.27. The van der Waals surface area contributed by atoms with Gasteiger partial charge in [-0.2, -0.15) is 5.06 Å². The zero-order valence-electron chi connectivity index (χ0n) is 12.8. The molecule has 0 N–H and O–H groups in total. The van der Waals surface area contributed by atoms with E-state index in [1.807, 2.05) is 0 Å². The van der Waals surface area contributed by atoms with Crippen molar-refractivity contribution in [3.8, 4) is 0 Å². The molecule has 0 aromatic heterocycles. The van der Waals surface area contributed by atoms with Crippen LogP contribution in [0.25, 0.3) is 0 Å². The predicted octanol–water partition coefficient (Wildman–Crippen LogP) is 4.66. The van der Waals surface area contributed by atoms with Crippen molar-refractivity contribution < 1.29 is 13.7 Å². The maximum atomic E-state index is 11.0. The number of hydrogen-bond acceptors (Lipinski definition) is 4. The SMILES string of the molecule is CCCC.CCCCN(CCCC)O[PH](=O)OC. The van der Waals surface area contributed by atoms with Crippen LogP contribution in [0.4, 0.5) is 0 Å². The maximum absolute atomic E-state index is 11.0. The first-order valence-corrected chi connectivity index (χ1v) is 8.39. The van der Waals surface area contributed by atoms with E-state index in [1.54, 1.807) is 5.06 Å².